The Morgan fingerprint density at radius 1 is 1.00 bits per heavy atom. The standard InChI is InChI=1S/C27H28N8O/c1-3-24(36)32-22-9-13-28-23(16-22)26-25-18(8-12-29-26)17-30-27(34-25)33-20-6-4-19(5-7-20)31-21-10-14-35(2)15-11-21/h3-9,12-13,16-17,21,31H,1,10-11,14-15H2,2H3,(H,28,32,36)(H,30,33,34). The Labute approximate surface area is 209 Å². The van der Waals surface area contributed by atoms with Crippen LogP contribution in [0.1, 0.15) is 12.8 Å². The van der Waals surface area contributed by atoms with Crippen LogP contribution in [0.15, 0.2) is 73.7 Å². The smallest absolute Gasteiger partial charge is 0.247 e. The van der Waals surface area contributed by atoms with E-state index < -0.39 is 0 Å². The number of nitrogens with one attached hydrogen (secondary N) is 3. The van der Waals surface area contributed by atoms with Gasteiger partial charge in [-0.25, -0.2) is 9.97 Å². The first-order chi connectivity index (χ1) is 17.6. The number of anilines is 4. The number of carbonyl (C=O) groups excluding carboxylic acids is 1. The zero-order chi connectivity index (χ0) is 24.9. The predicted molar refractivity (Wildman–Crippen MR) is 143 cm³/mol. The molecule has 0 spiro atoms. The molecule has 9 nitrogen and oxygen atoms in total. The van der Waals surface area contributed by atoms with E-state index in [1.165, 1.54) is 6.08 Å². The van der Waals surface area contributed by atoms with Crippen LogP contribution < -0.4 is 16.0 Å². The molecule has 1 aromatic carbocycles. The second kappa shape index (κ2) is 10.5. The van der Waals surface area contributed by atoms with Crippen LogP contribution >= 0.6 is 0 Å². The summed E-state index contributed by atoms with van der Waals surface area (Å²) in [5.74, 6) is 0.170. The third kappa shape index (κ3) is 5.47. The van der Waals surface area contributed by atoms with E-state index >= 15 is 0 Å². The number of likely N-dealkylation sites (tertiary alicyclic amines) is 1. The number of hydrogen-bond donors (Lipinski definition) is 3. The van der Waals surface area contributed by atoms with Gasteiger partial charge in [-0.2, -0.15) is 0 Å². The summed E-state index contributed by atoms with van der Waals surface area (Å²) >= 11 is 0. The number of nitrogens with zero attached hydrogens (tertiary/aromatic N) is 5. The number of carbonyl (C=O) groups is 1. The van der Waals surface area contributed by atoms with E-state index in [-0.39, 0.29) is 5.91 Å². The van der Waals surface area contributed by atoms with Crippen molar-refractivity contribution in [3.05, 3.63) is 73.7 Å². The first-order valence-corrected chi connectivity index (χ1v) is 11.9. The van der Waals surface area contributed by atoms with Gasteiger partial charge in [-0.15, -0.1) is 0 Å². The molecule has 4 aromatic rings. The SMILES string of the molecule is C=CC(=O)Nc1ccnc(-c2nccc3cnc(Nc4ccc(NC5CCN(C)CC5)cc4)nc23)c1. The molecule has 0 saturated carbocycles. The largest absolute Gasteiger partial charge is 0.382 e. The van der Waals surface area contributed by atoms with Gasteiger partial charge in [0, 0.05) is 47.1 Å². The van der Waals surface area contributed by atoms with Gasteiger partial charge >= 0.3 is 0 Å². The lowest BCUT2D eigenvalue weighted by atomic mass is 10.1. The van der Waals surface area contributed by atoms with Gasteiger partial charge < -0.3 is 20.9 Å². The van der Waals surface area contributed by atoms with Gasteiger partial charge in [0.15, 0.2) is 0 Å². The van der Waals surface area contributed by atoms with Crippen LogP contribution in [0.5, 0.6) is 0 Å². The van der Waals surface area contributed by atoms with E-state index in [1.807, 2.05) is 18.2 Å². The molecule has 182 valence electrons. The summed E-state index contributed by atoms with van der Waals surface area (Å²) in [6.45, 7) is 5.73. The molecule has 1 fully saturated rings. The molecule has 1 aliphatic rings. The van der Waals surface area contributed by atoms with E-state index in [0.717, 1.165) is 42.7 Å². The Bertz CT molecular complexity index is 1380. The topological polar surface area (TPSA) is 108 Å². The van der Waals surface area contributed by atoms with E-state index in [0.29, 0.717) is 34.6 Å². The monoisotopic (exact) mass is 480 g/mol. The van der Waals surface area contributed by atoms with Crippen LogP contribution in [0, 0.1) is 0 Å². The fourth-order valence-corrected chi connectivity index (χ4v) is 4.20. The maximum absolute atomic E-state index is 11.7. The van der Waals surface area contributed by atoms with E-state index in [9.17, 15) is 4.79 Å². The van der Waals surface area contributed by atoms with Gasteiger partial charge in [0.1, 0.15) is 11.2 Å². The highest BCUT2D eigenvalue weighted by Gasteiger charge is 2.16. The maximum Gasteiger partial charge on any atom is 0.247 e. The fourth-order valence-electron chi connectivity index (χ4n) is 4.20. The van der Waals surface area contributed by atoms with Crippen LogP contribution in [0.25, 0.3) is 22.3 Å². The van der Waals surface area contributed by atoms with E-state index in [1.54, 1.807) is 30.7 Å². The fraction of sp³-hybridized carbons (Fsp3) is 0.222. The average molecular weight is 481 g/mol. The van der Waals surface area contributed by atoms with Crippen LogP contribution in [0.4, 0.5) is 23.0 Å². The summed E-state index contributed by atoms with van der Waals surface area (Å²) in [6.07, 6.45) is 8.59. The zero-order valence-electron chi connectivity index (χ0n) is 20.1. The minimum Gasteiger partial charge on any atom is -0.382 e. The first kappa shape index (κ1) is 23.4. The van der Waals surface area contributed by atoms with E-state index in [4.69, 9.17) is 4.98 Å². The predicted octanol–water partition coefficient (Wildman–Crippen LogP) is 4.46. The summed E-state index contributed by atoms with van der Waals surface area (Å²) in [5, 5.41) is 10.5. The van der Waals surface area contributed by atoms with Crippen molar-refractivity contribution in [2.45, 2.75) is 18.9 Å². The molecule has 5 rings (SSSR count). The van der Waals surface area contributed by atoms with Crippen LogP contribution in [-0.4, -0.2) is 56.9 Å². The number of benzene rings is 1. The molecule has 1 aliphatic heterocycles. The second-order valence-electron chi connectivity index (χ2n) is 8.84. The van der Waals surface area contributed by atoms with Crippen molar-refractivity contribution in [3.8, 4) is 11.4 Å². The number of rotatable bonds is 7. The molecular formula is C27H28N8O. The molecule has 0 radical (unpaired) electrons. The summed E-state index contributed by atoms with van der Waals surface area (Å²) in [7, 11) is 2.17. The quantitative estimate of drug-likeness (QED) is 0.333. The van der Waals surface area contributed by atoms with Crippen molar-refractivity contribution >= 4 is 39.8 Å². The number of hydrogen-bond acceptors (Lipinski definition) is 8. The molecule has 3 N–H and O–H groups in total. The zero-order valence-corrected chi connectivity index (χ0v) is 20.1. The molecule has 9 heteroatoms. The van der Waals surface area contributed by atoms with E-state index in [2.05, 4.69) is 61.6 Å². The lowest BCUT2D eigenvalue weighted by molar-refractivity contribution is -0.111. The molecular weight excluding hydrogens is 452 g/mol. The first-order valence-electron chi connectivity index (χ1n) is 11.9. The van der Waals surface area contributed by atoms with Gasteiger partial charge in [-0.3, -0.25) is 14.8 Å². The Kier molecular flexibility index (Phi) is 6.81. The van der Waals surface area contributed by atoms with Crippen LogP contribution in [0.2, 0.25) is 0 Å². The van der Waals surface area contributed by atoms with Gasteiger partial charge in [-0.1, -0.05) is 6.58 Å². The molecule has 36 heavy (non-hydrogen) atoms. The number of aromatic nitrogens is 4. The Morgan fingerprint density at radius 3 is 2.53 bits per heavy atom. The average Bonchev–Trinajstić information content (AvgIpc) is 2.91. The number of pyridine rings is 2. The molecule has 4 heterocycles. The lowest BCUT2D eigenvalue weighted by Gasteiger charge is -2.30. The van der Waals surface area contributed by atoms with Gasteiger partial charge in [0.2, 0.25) is 11.9 Å². The summed E-state index contributed by atoms with van der Waals surface area (Å²) in [4.78, 5) is 32.2. The normalized spacial score (nSPS) is 14.4. The lowest BCUT2D eigenvalue weighted by Crippen LogP contribution is -2.36. The number of amides is 1. The third-order valence-electron chi connectivity index (χ3n) is 6.18. The summed E-state index contributed by atoms with van der Waals surface area (Å²) < 4.78 is 0. The highest BCUT2D eigenvalue weighted by Crippen LogP contribution is 2.27. The number of piperidine rings is 1. The third-order valence-corrected chi connectivity index (χ3v) is 6.18. The Morgan fingerprint density at radius 2 is 1.75 bits per heavy atom. The van der Waals surface area contributed by atoms with Crippen molar-refractivity contribution < 1.29 is 4.79 Å². The molecule has 0 unspecified atom stereocenters. The molecule has 3 aromatic heterocycles. The highest BCUT2D eigenvalue weighted by atomic mass is 16.1. The van der Waals surface area contributed by atoms with Crippen molar-refractivity contribution in [2.75, 3.05) is 36.1 Å². The van der Waals surface area contributed by atoms with Crippen molar-refractivity contribution in [2.24, 2.45) is 0 Å². The van der Waals surface area contributed by atoms with Crippen LogP contribution in [-0.2, 0) is 4.79 Å². The maximum atomic E-state index is 11.7. The molecule has 0 aliphatic carbocycles. The Balaban J connectivity index is 1.35. The molecule has 0 atom stereocenters. The summed E-state index contributed by atoms with van der Waals surface area (Å²) in [6, 6.07) is 14.0. The van der Waals surface area contributed by atoms with Crippen molar-refractivity contribution in [3.63, 3.8) is 0 Å². The minimum atomic E-state index is -0.292. The Hall–Kier alpha value is -4.37. The van der Waals surface area contributed by atoms with Gasteiger partial charge in [-0.05, 0) is 81.5 Å². The van der Waals surface area contributed by atoms with Gasteiger partial charge in [0.05, 0.1) is 5.69 Å². The number of fused-ring (bicyclic) bond motifs is 1. The van der Waals surface area contributed by atoms with Crippen molar-refractivity contribution in [1.29, 1.82) is 0 Å². The molecule has 0 bridgehead atoms. The van der Waals surface area contributed by atoms with Crippen LogP contribution in [0.3, 0.4) is 0 Å². The van der Waals surface area contributed by atoms with Gasteiger partial charge in [0.25, 0.3) is 0 Å². The van der Waals surface area contributed by atoms with Crippen molar-refractivity contribution in [1.82, 2.24) is 24.8 Å². The molecule has 1 saturated heterocycles. The highest BCUT2D eigenvalue weighted by molar-refractivity contribution is 5.99. The minimum absolute atomic E-state index is 0.292. The summed E-state index contributed by atoms with van der Waals surface area (Å²) in [5.41, 5.74) is 4.46. The molecule has 1 amide bonds. The second-order valence-corrected chi connectivity index (χ2v) is 8.84.